The van der Waals surface area contributed by atoms with E-state index in [4.69, 9.17) is 14.2 Å². The monoisotopic (exact) mass is 1090 g/mol. The molecule has 0 unspecified atom stereocenters. The van der Waals surface area contributed by atoms with Gasteiger partial charge in [-0.1, -0.05) is 26.7 Å². The molecule has 1 aliphatic heterocycles. The van der Waals surface area contributed by atoms with Crippen molar-refractivity contribution in [3.8, 4) is 0 Å². The average Bonchev–Trinajstić information content (AvgIpc) is 3.48. The van der Waals surface area contributed by atoms with E-state index in [1.54, 1.807) is 20.8 Å². The van der Waals surface area contributed by atoms with Crippen molar-refractivity contribution in [1.82, 2.24) is 5.32 Å². The summed E-state index contributed by atoms with van der Waals surface area (Å²) in [6.45, 7) is 8.21. The summed E-state index contributed by atoms with van der Waals surface area (Å²) in [6, 6.07) is -0.908. The number of nitrogens with one attached hydrogen (secondary N) is 1. The van der Waals surface area contributed by atoms with Gasteiger partial charge >= 0.3 is 11.9 Å². The number of ketones is 1. The van der Waals surface area contributed by atoms with Gasteiger partial charge in [-0.15, -0.1) is 0 Å². The molecule has 1 heterocycles. The smallest absolute Gasteiger partial charge is 0.337 e. The first kappa shape index (κ1) is 41.9. The zero-order chi connectivity index (χ0) is 33.4. The molecule has 2 radical (unpaired) electrons. The molecule has 0 aromatic rings. The fraction of sp³-hybridized carbons (Fsp3) is 0.812. The van der Waals surface area contributed by atoms with Gasteiger partial charge in [0.1, 0.15) is 29.5 Å². The minimum atomic E-state index is -2.17. The number of esters is 2. The number of rotatable bonds is 6. The largest absolute Gasteiger partial charge is 0.459 e. The van der Waals surface area contributed by atoms with Crippen molar-refractivity contribution in [2.24, 2.45) is 22.7 Å². The van der Waals surface area contributed by atoms with E-state index in [9.17, 15) is 44.7 Å². The fourth-order valence-corrected chi connectivity index (χ4v) is 9.16. The molecule has 0 spiro atoms. The van der Waals surface area contributed by atoms with E-state index in [2.05, 4.69) is 5.32 Å². The number of aliphatic hydroxyl groups is 5. The Labute approximate surface area is 346 Å². The fourth-order valence-electron chi connectivity index (χ4n) is 9.16. The maximum absolute atomic E-state index is 14.3. The maximum Gasteiger partial charge on any atom is 0.337 e. The molecule has 0 aromatic carbocycles. The topological polar surface area (TPSA) is 209 Å². The summed E-state index contributed by atoms with van der Waals surface area (Å²) in [5, 5.41) is 61.7. The third kappa shape index (κ3) is 6.66. The Bertz CT molecular complexity index is 1300. The predicted octanol–water partition coefficient (Wildman–Crippen LogP) is -0.176. The van der Waals surface area contributed by atoms with E-state index in [0.29, 0.717) is 12.8 Å². The summed E-state index contributed by atoms with van der Waals surface area (Å²) in [5.74, 6) is -4.74. The summed E-state index contributed by atoms with van der Waals surface area (Å²) in [5.41, 5.74) is -7.08. The quantitative estimate of drug-likeness (QED) is 0.152. The van der Waals surface area contributed by atoms with Gasteiger partial charge in [0.15, 0.2) is 11.9 Å². The van der Waals surface area contributed by atoms with E-state index >= 15 is 0 Å². The van der Waals surface area contributed by atoms with Crippen LogP contribution in [0.15, 0.2) is 11.1 Å². The second-order valence-corrected chi connectivity index (χ2v) is 14.6. The molecular formula is C32H47Ac2NO12. The first-order chi connectivity index (χ1) is 20.8. The predicted molar refractivity (Wildman–Crippen MR) is 155 cm³/mol. The van der Waals surface area contributed by atoms with Crippen molar-refractivity contribution in [2.45, 2.75) is 134 Å². The van der Waals surface area contributed by atoms with Gasteiger partial charge in [0.2, 0.25) is 5.91 Å². The normalized spacial score (nSPS) is 40.4. The van der Waals surface area contributed by atoms with Crippen LogP contribution < -0.4 is 5.32 Å². The standard InChI is InChI=1S/C32H47NO12.2Ac/c1-14-18(45-28(40)24(38)22(33-15(2)34)17-9-7-8-10-17)12-32(42)27(44-16(3)35)25-30(6,19(36)11-20-31(25,41)13-43-20)26(39)23(37)21(14)29(32,4)5;;/h17-20,22-25,27,36-38,41-42H,7-13H2,1-6H3,(H,33,34);;/t18-,19-,20+,22-,23+,24+,25-,27-,30+,31-,32+;;/m0../s1. The molecular weight excluding hydrogens is 1040 g/mol. The van der Waals surface area contributed by atoms with Gasteiger partial charge < -0.3 is 45.1 Å². The number of carbonyl (C=O) groups is 4. The van der Waals surface area contributed by atoms with E-state index < -0.39 is 101 Å². The minimum absolute atomic E-state index is 0. The van der Waals surface area contributed by atoms with E-state index in [-0.39, 0.29) is 118 Å². The van der Waals surface area contributed by atoms with Crippen LogP contribution in [0.4, 0.5) is 0 Å². The zero-order valence-corrected chi connectivity index (χ0v) is 37.4. The molecule has 4 fully saturated rings. The van der Waals surface area contributed by atoms with Crippen LogP contribution in [0.2, 0.25) is 0 Å². The number of hydrogen-bond donors (Lipinski definition) is 6. The van der Waals surface area contributed by atoms with Crippen LogP contribution in [-0.2, 0) is 33.4 Å². The number of Topliss-reactive ketones (excluding diaryl/α,β-unsaturated/α-hetero) is 1. The van der Waals surface area contributed by atoms with Gasteiger partial charge in [0.05, 0.1) is 30.3 Å². The second kappa shape index (κ2) is 14.8. The zero-order valence-electron chi connectivity index (χ0n) is 27.9. The molecule has 6 N–H and O–H groups in total. The molecule has 258 valence electrons. The van der Waals surface area contributed by atoms with Crippen LogP contribution in [0.3, 0.4) is 0 Å². The second-order valence-electron chi connectivity index (χ2n) is 14.6. The summed E-state index contributed by atoms with van der Waals surface area (Å²) in [6.07, 6.45) is -6.27. The molecule has 15 heteroatoms. The maximum atomic E-state index is 14.3. The first-order valence-electron chi connectivity index (χ1n) is 15.8. The number of hydrogen-bond acceptors (Lipinski definition) is 12. The molecule has 5 aliphatic rings. The molecule has 2 bridgehead atoms. The Morgan fingerprint density at radius 3 is 2.13 bits per heavy atom. The summed E-state index contributed by atoms with van der Waals surface area (Å²) < 4.78 is 17.2. The van der Waals surface area contributed by atoms with Crippen LogP contribution in [-0.4, -0.2) is 110 Å². The molecule has 1 amide bonds. The Morgan fingerprint density at radius 2 is 1.62 bits per heavy atom. The van der Waals surface area contributed by atoms with E-state index in [1.807, 2.05) is 0 Å². The van der Waals surface area contributed by atoms with Crippen molar-refractivity contribution in [1.29, 1.82) is 0 Å². The van der Waals surface area contributed by atoms with Gasteiger partial charge in [0, 0.05) is 126 Å². The van der Waals surface area contributed by atoms with Crippen molar-refractivity contribution in [3.63, 3.8) is 0 Å². The molecule has 11 atom stereocenters. The Balaban J connectivity index is 0.00000300. The SMILES string of the molecule is CC(=O)N[C@@H](C1CCCC1)[C@@H](O)C(=O)O[C@H]1C[C@@]2(O)[C@@H](OC(C)=O)[C@@H]3[C@]4(O)CO[C@@H]4C[C@H](O)[C@@]3(C)C(=O)[C@H](O)C(=C1C)C2(C)C.[Ac].[Ac]. The first-order valence-corrected chi connectivity index (χ1v) is 15.8. The van der Waals surface area contributed by atoms with Crippen molar-refractivity contribution in [2.75, 3.05) is 6.61 Å². The molecule has 47 heavy (non-hydrogen) atoms. The Morgan fingerprint density at radius 1 is 1.02 bits per heavy atom. The van der Waals surface area contributed by atoms with Crippen LogP contribution in [0.1, 0.15) is 80.1 Å². The van der Waals surface area contributed by atoms with Gasteiger partial charge in [-0.2, -0.15) is 0 Å². The Kier molecular flexibility index (Phi) is 13.2. The minimum Gasteiger partial charge on any atom is -0.459 e. The summed E-state index contributed by atoms with van der Waals surface area (Å²) in [4.78, 5) is 52.5. The number of carbonyl (C=O) groups excluding carboxylic acids is 4. The number of ether oxygens (including phenoxy) is 3. The molecule has 0 aromatic heterocycles. The average molecular weight is 1090 g/mol. The summed E-state index contributed by atoms with van der Waals surface area (Å²) in [7, 11) is 0. The van der Waals surface area contributed by atoms with Crippen molar-refractivity contribution >= 4 is 23.6 Å². The van der Waals surface area contributed by atoms with Gasteiger partial charge in [0.25, 0.3) is 0 Å². The molecule has 1 saturated heterocycles. The summed E-state index contributed by atoms with van der Waals surface area (Å²) >= 11 is 0. The van der Waals surface area contributed by atoms with Crippen LogP contribution in [0.5, 0.6) is 0 Å². The van der Waals surface area contributed by atoms with Gasteiger partial charge in [-0.25, -0.2) is 4.79 Å². The van der Waals surface area contributed by atoms with Gasteiger partial charge in [-0.3, -0.25) is 14.4 Å². The number of fused-ring (bicyclic) bond motifs is 5. The number of aliphatic hydroxyl groups excluding tert-OH is 3. The molecule has 13 nitrogen and oxygen atoms in total. The van der Waals surface area contributed by atoms with Crippen LogP contribution >= 0.6 is 0 Å². The molecule has 4 aliphatic carbocycles. The molecule has 3 saturated carbocycles. The van der Waals surface area contributed by atoms with Crippen LogP contribution in [0, 0.1) is 111 Å². The van der Waals surface area contributed by atoms with Crippen LogP contribution in [0.25, 0.3) is 0 Å². The van der Waals surface area contributed by atoms with E-state index in [1.165, 1.54) is 13.8 Å². The van der Waals surface area contributed by atoms with Crippen molar-refractivity contribution in [3.05, 3.63) is 11.1 Å². The van der Waals surface area contributed by atoms with Crippen molar-refractivity contribution < 1.29 is 147 Å². The van der Waals surface area contributed by atoms with Gasteiger partial charge in [-0.05, 0) is 43.8 Å². The number of amides is 1. The Hall–Kier alpha value is 0.463. The van der Waals surface area contributed by atoms with E-state index in [0.717, 1.165) is 19.8 Å². The third-order valence-electron chi connectivity index (χ3n) is 11.8. The molecule has 5 rings (SSSR count). The third-order valence-corrected chi connectivity index (χ3v) is 11.8.